The number of allylic oxidation sites excluding steroid dienone is 2. The van der Waals surface area contributed by atoms with Gasteiger partial charge in [-0.15, -0.1) is 0 Å². The van der Waals surface area contributed by atoms with Crippen LogP contribution in [0.3, 0.4) is 0 Å². The number of ether oxygens (including phenoxy) is 1. The first-order chi connectivity index (χ1) is 6.45. The molecule has 0 saturated heterocycles. The Balaban J connectivity index is 2.77. The second kappa shape index (κ2) is 3.45. The highest BCUT2D eigenvalue weighted by Crippen LogP contribution is 2.59. The Morgan fingerprint density at radius 2 is 2.14 bits per heavy atom. The highest BCUT2D eigenvalue weighted by atomic mass is 16.5. The molecule has 0 unspecified atom stereocenters. The zero-order chi connectivity index (χ0) is 10.9. The number of hydrogen-bond acceptors (Lipinski definition) is 3. The summed E-state index contributed by atoms with van der Waals surface area (Å²) < 4.78 is 4.70. The summed E-state index contributed by atoms with van der Waals surface area (Å²) >= 11 is 0. The summed E-state index contributed by atoms with van der Waals surface area (Å²) in [5.41, 5.74) is 0.597. The lowest BCUT2D eigenvalue weighted by Crippen LogP contribution is -2.07. The molecule has 0 radical (unpaired) electrons. The molecule has 0 aromatic rings. The van der Waals surface area contributed by atoms with E-state index in [4.69, 9.17) is 10.00 Å². The minimum Gasteiger partial charge on any atom is -0.469 e. The third-order valence-electron chi connectivity index (χ3n) is 2.97. The van der Waals surface area contributed by atoms with Crippen LogP contribution in [-0.4, -0.2) is 13.1 Å². The number of nitrogens with zero attached hydrogens (tertiary/aromatic N) is 1. The standard InChI is InChI=1S/C11H15NO2/c1-7(6-12)5-8-9(10(13)14-4)11(8,2)3/h5,8-9H,1-4H3/b7-5+/t8-,9+/m1/s1. The van der Waals surface area contributed by atoms with E-state index in [-0.39, 0.29) is 23.2 Å². The molecule has 1 saturated carbocycles. The molecule has 0 heterocycles. The zero-order valence-corrected chi connectivity index (χ0v) is 9.00. The topological polar surface area (TPSA) is 50.1 Å². The van der Waals surface area contributed by atoms with Crippen LogP contribution in [0, 0.1) is 28.6 Å². The van der Waals surface area contributed by atoms with Crippen LogP contribution in [0.15, 0.2) is 11.6 Å². The molecule has 1 aliphatic rings. The Bertz CT molecular complexity index is 323. The molecule has 14 heavy (non-hydrogen) atoms. The molecule has 76 valence electrons. The lowest BCUT2D eigenvalue weighted by molar-refractivity contribution is -0.143. The number of methoxy groups -OCH3 is 1. The first-order valence-electron chi connectivity index (χ1n) is 4.61. The van der Waals surface area contributed by atoms with Crippen molar-refractivity contribution in [3.8, 4) is 6.07 Å². The van der Waals surface area contributed by atoms with Gasteiger partial charge in [-0.05, 0) is 18.3 Å². The zero-order valence-electron chi connectivity index (χ0n) is 9.00. The summed E-state index contributed by atoms with van der Waals surface area (Å²) in [6, 6.07) is 2.06. The molecule has 0 bridgehead atoms. The molecule has 0 amide bonds. The maximum Gasteiger partial charge on any atom is 0.309 e. The fraction of sp³-hybridized carbons (Fsp3) is 0.636. The number of carbonyl (C=O) groups excluding carboxylic acids is 1. The number of carbonyl (C=O) groups is 1. The minimum absolute atomic E-state index is 0.0643. The predicted molar refractivity (Wildman–Crippen MR) is 52.1 cm³/mol. The van der Waals surface area contributed by atoms with Crippen LogP contribution >= 0.6 is 0 Å². The van der Waals surface area contributed by atoms with Gasteiger partial charge < -0.3 is 4.74 Å². The Morgan fingerprint density at radius 3 is 2.57 bits per heavy atom. The molecular formula is C11H15NO2. The molecule has 2 atom stereocenters. The highest BCUT2D eigenvalue weighted by Gasteiger charge is 2.61. The number of esters is 1. The molecule has 0 aliphatic heterocycles. The summed E-state index contributed by atoms with van der Waals surface area (Å²) in [7, 11) is 1.40. The summed E-state index contributed by atoms with van der Waals surface area (Å²) in [6.07, 6.45) is 1.86. The second-order valence-electron chi connectivity index (χ2n) is 4.31. The Hall–Kier alpha value is -1.30. The summed E-state index contributed by atoms with van der Waals surface area (Å²) in [6.45, 7) is 5.78. The summed E-state index contributed by atoms with van der Waals surface area (Å²) in [5.74, 6) is -0.118. The van der Waals surface area contributed by atoms with Gasteiger partial charge in [-0.1, -0.05) is 19.9 Å². The number of nitriles is 1. The van der Waals surface area contributed by atoms with Crippen molar-refractivity contribution < 1.29 is 9.53 Å². The first kappa shape index (κ1) is 10.8. The minimum atomic E-state index is -0.179. The third-order valence-corrected chi connectivity index (χ3v) is 2.97. The monoisotopic (exact) mass is 193 g/mol. The molecule has 0 spiro atoms. The van der Waals surface area contributed by atoms with Crippen LogP contribution < -0.4 is 0 Å². The van der Waals surface area contributed by atoms with Crippen LogP contribution in [0.25, 0.3) is 0 Å². The van der Waals surface area contributed by atoms with Gasteiger partial charge in [0.05, 0.1) is 19.1 Å². The largest absolute Gasteiger partial charge is 0.469 e. The van der Waals surface area contributed by atoms with Crippen LogP contribution in [0.2, 0.25) is 0 Å². The van der Waals surface area contributed by atoms with E-state index in [0.29, 0.717) is 5.57 Å². The quantitative estimate of drug-likeness (QED) is 0.497. The van der Waals surface area contributed by atoms with E-state index in [9.17, 15) is 4.79 Å². The van der Waals surface area contributed by atoms with E-state index >= 15 is 0 Å². The van der Waals surface area contributed by atoms with Crippen molar-refractivity contribution in [2.24, 2.45) is 17.3 Å². The Kier molecular flexibility index (Phi) is 2.66. The average Bonchev–Trinajstić information content (AvgIpc) is 2.67. The van der Waals surface area contributed by atoms with E-state index < -0.39 is 0 Å². The van der Waals surface area contributed by atoms with Crippen molar-refractivity contribution in [1.82, 2.24) is 0 Å². The Labute approximate surface area is 84.4 Å². The van der Waals surface area contributed by atoms with Crippen molar-refractivity contribution >= 4 is 5.97 Å². The average molecular weight is 193 g/mol. The third kappa shape index (κ3) is 1.65. The smallest absolute Gasteiger partial charge is 0.309 e. The molecule has 0 aromatic heterocycles. The lowest BCUT2D eigenvalue weighted by Gasteiger charge is -1.99. The van der Waals surface area contributed by atoms with Crippen LogP contribution in [0.5, 0.6) is 0 Å². The lowest BCUT2D eigenvalue weighted by atomic mass is 10.1. The SMILES string of the molecule is COC(=O)[C@@H]1[C@@H](/C=C(\C)C#N)C1(C)C. The van der Waals surface area contributed by atoms with E-state index in [2.05, 4.69) is 6.07 Å². The van der Waals surface area contributed by atoms with Gasteiger partial charge in [0.1, 0.15) is 0 Å². The van der Waals surface area contributed by atoms with Crippen LogP contribution in [-0.2, 0) is 9.53 Å². The van der Waals surface area contributed by atoms with Gasteiger partial charge in [0, 0.05) is 5.57 Å². The second-order valence-corrected chi connectivity index (χ2v) is 4.31. The number of rotatable bonds is 2. The molecular weight excluding hydrogens is 178 g/mol. The van der Waals surface area contributed by atoms with E-state index in [0.717, 1.165) is 0 Å². The fourth-order valence-corrected chi connectivity index (χ4v) is 1.87. The number of hydrogen-bond donors (Lipinski definition) is 0. The molecule has 1 rings (SSSR count). The van der Waals surface area contributed by atoms with Gasteiger partial charge in [0.25, 0.3) is 0 Å². The molecule has 3 heteroatoms. The van der Waals surface area contributed by atoms with Crippen molar-refractivity contribution in [3.05, 3.63) is 11.6 Å². The van der Waals surface area contributed by atoms with Crippen molar-refractivity contribution in [1.29, 1.82) is 5.26 Å². The van der Waals surface area contributed by atoms with Crippen molar-refractivity contribution in [2.45, 2.75) is 20.8 Å². The molecule has 0 N–H and O–H groups in total. The maximum absolute atomic E-state index is 11.3. The van der Waals surface area contributed by atoms with Gasteiger partial charge in [-0.3, -0.25) is 4.79 Å². The highest BCUT2D eigenvalue weighted by molar-refractivity contribution is 5.78. The van der Waals surface area contributed by atoms with Crippen LogP contribution in [0.4, 0.5) is 0 Å². The predicted octanol–water partition coefficient (Wildman–Crippen LogP) is 1.90. The van der Waals surface area contributed by atoms with Gasteiger partial charge in [-0.25, -0.2) is 0 Å². The van der Waals surface area contributed by atoms with Gasteiger partial charge in [0.15, 0.2) is 0 Å². The Morgan fingerprint density at radius 1 is 1.57 bits per heavy atom. The molecule has 1 fully saturated rings. The van der Waals surface area contributed by atoms with E-state index in [1.807, 2.05) is 19.9 Å². The van der Waals surface area contributed by atoms with Crippen molar-refractivity contribution in [3.63, 3.8) is 0 Å². The normalized spacial score (nSPS) is 29.2. The van der Waals surface area contributed by atoms with Gasteiger partial charge in [0.2, 0.25) is 0 Å². The maximum atomic E-state index is 11.3. The fourth-order valence-electron chi connectivity index (χ4n) is 1.87. The van der Waals surface area contributed by atoms with E-state index in [1.54, 1.807) is 6.92 Å². The summed E-state index contributed by atoms with van der Waals surface area (Å²) in [5, 5.41) is 8.63. The molecule has 1 aliphatic carbocycles. The van der Waals surface area contributed by atoms with Crippen molar-refractivity contribution in [2.75, 3.05) is 7.11 Å². The van der Waals surface area contributed by atoms with E-state index in [1.165, 1.54) is 7.11 Å². The molecule has 3 nitrogen and oxygen atoms in total. The van der Waals surface area contributed by atoms with Crippen LogP contribution in [0.1, 0.15) is 20.8 Å². The first-order valence-corrected chi connectivity index (χ1v) is 4.61. The molecule has 0 aromatic carbocycles. The summed E-state index contributed by atoms with van der Waals surface area (Å²) in [4.78, 5) is 11.3. The van der Waals surface area contributed by atoms with Gasteiger partial charge >= 0.3 is 5.97 Å². The van der Waals surface area contributed by atoms with Gasteiger partial charge in [-0.2, -0.15) is 5.26 Å².